The molecule has 0 aliphatic heterocycles. The predicted octanol–water partition coefficient (Wildman–Crippen LogP) is 5.02. The maximum atomic E-state index is 4.82. The third-order valence-corrected chi connectivity index (χ3v) is 3.86. The molecule has 0 rings (SSSR count). The molecule has 0 aliphatic carbocycles. The van der Waals surface area contributed by atoms with Gasteiger partial charge in [-0.15, -0.1) is 0 Å². The summed E-state index contributed by atoms with van der Waals surface area (Å²) in [5.74, 6) is 1.69. The van der Waals surface area contributed by atoms with Gasteiger partial charge in [0.2, 0.25) is 0 Å². The molecule has 2 unspecified atom stereocenters. The zero-order valence-electron chi connectivity index (χ0n) is 12.7. The molecule has 0 saturated carbocycles. The maximum Gasteiger partial charge on any atom is 0.0161 e. The Kier molecular flexibility index (Phi) is 12.4. The van der Waals surface area contributed by atoms with Crippen molar-refractivity contribution in [2.75, 3.05) is 13.1 Å². The molecule has 0 aromatic rings. The highest BCUT2D eigenvalue weighted by Gasteiger charge is 2.09. The smallest absolute Gasteiger partial charge is 0.0161 e. The van der Waals surface area contributed by atoms with Gasteiger partial charge in [-0.1, -0.05) is 66.2 Å². The fourth-order valence-corrected chi connectivity index (χ4v) is 2.27. The van der Waals surface area contributed by atoms with Crippen LogP contribution in [0.1, 0.15) is 79.1 Å². The summed E-state index contributed by atoms with van der Waals surface area (Å²) in [7, 11) is 0. The average Bonchev–Trinajstić information content (AvgIpc) is 2.37. The quantitative estimate of drug-likeness (QED) is 0.454. The van der Waals surface area contributed by atoms with Gasteiger partial charge in [0.15, 0.2) is 0 Å². The molecule has 0 aliphatic rings. The first-order chi connectivity index (χ1) is 8.28. The minimum Gasteiger partial charge on any atom is -0.241 e. The van der Waals surface area contributed by atoms with Gasteiger partial charge in [-0.2, -0.15) is 0 Å². The van der Waals surface area contributed by atoms with E-state index in [-0.39, 0.29) is 0 Å². The van der Waals surface area contributed by atoms with Gasteiger partial charge in [0.05, 0.1) is 0 Å². The summed E-state index contributed by atoms with van der Waals surface area (Å²) in [6.45, 7) is 11.4. The van der Waals surface area contributed by atoms with Crippen LogP contribution < -0.4 is 5.32 Å². The molecule has 0 fully saturated rings. The van der Waals surface area contributed by atoms with Crippen molar-refractivity contribution in [1.29, 1.82) is 0 Å². The van der Waals surface area contributed by atoms with Crippen LogP contribution in [0.4, 0.5) is 0 Å². The highest BCUT2D eigenvalue weighted by Crippen LogP contribution is 2.14. The Morgan fingerprint density at radius 3 is 1.41 bits per heavy atom. The summed E-state index contributed by atoms with van der Waals surface area (Å²) in [5.41, 5.74) is 0. The Morgan fingerprint density at radius 2 is 1.12 bits per heavy atom. The highest BCUT2D eigenvalue weighted by atomic mass is 14.9. The molecule has 2 atom stereocenters. The van der Waals surface area contributed by atoms with Crippen LogP contribution in [0.25, 0.3) is 0 Å². The van der Waals surface area contributed by atoms with Gasteiger partial charge >= 0.3 is 0 Å². The lowest BCUT2D eigenvalue weighted by molar-refractivity contribution is 0.367. The lowest BCUT2D eigenvalue weighted by Gasteiger charge is -2.18. The summed E-state index contributed by atoms with van der Waals surface area (Å²) in [5, 5.41) is 4.82. The SMILES string of the molecule is CCCCC(CC)C[N]CC(CC)CCCC. The molecule has 0 saturated heterocycles. The Balaban J connectivity index is 3.61. The number of unbranched alkanes of at least 4 members (excludes halogenated alkanes) is 2. The molecule has 0 aromatic carbocycles. The monoisotopic (exact) mass is 240 g/mol. The van der Waals surface area contributed by atoms with E-state index in [0.717, 1.165) is 24.9 Å². The van der Waals surface area contributed by atoms with E-state index in [1.54, 1.807) is 0 Å². The Labute approximate surface area is 110 Å². The van der Waals surface area contributed by atoms with Crippen molar-refractivity contribution in [1.82, 2.24) is 5.32 Å². The van der Waals surface area contributed by atoms with Crippen molar-refractivity contribution < 1.29 is 0 Å². The zero-order chi connectivity index (χ0) is 12.9. The molecule has 0 amide bonds. The maximum absolute atomic E-state index is 4.82. The van der Waals surface area contributed by atoms with E-state index in [9.17, 15) is 0 Å². The summed E-state index contributed by atoms with van der Waals surface area (Å²) in [4.78, 5) is 0. The second-order valence-corrected chi connectivity index (χ2v) is 5.42. The van der Waals surface area contributed by atoms with Crippen molar-refractivity contribution >= 4 is 0 Å². The second-order valence-electron chi connectivity index (χ2n) is 5.42. The lowest BCUT2D eigenvalue weighted by atomic mass is 9.97. The standard InChI is InChI=1S/C16H34N/c1-5-9-11-15(7-3)13-17-14-16(8-4)12-10-6-2/h15-16H,5-14H2,1-4H3. The molecule has 0 N–H and O–H groups in total. The Hall–Kier alpha value is -0.0400. The molecule has 0 aromatic heterocycles. The summed E-state index contributed by atoms with van der Waals surface area (Å²) in [6, 6.07) is 0. The topological polar surface area (TPSA) is 14.1 Å². The molecule has 17 heavy (non-hydrogen) atoms. The van der Waals surface area contributed by atoms with Crippen LogP contribution in [0.2, 0.25) is 0 Å². The van der Waals surface area contributed by atoms with E-state index in [2.05, 4.69) is 27.7 Å². The van der Waals surface area contributed by atoms with E-state index >= 15 is 0 Å². The number of hydrogen-bond donors (Lipinski definition) is 0. The number of hydrogen-bond acceptors (Lipinski definition) is 0. The summed E-state index contributed by atoms with van der Waals surface area (Å²) < 4.78 is 0. The first-order valence-electron chi connectivity index (χ1n) is 7.91. The lowest BCUT2D eigenvalue weighted by Crippen LogP contribution is -2.22. The van der Waals surface area contributed by atoms with Gasteiger partial charge < -0.3 is 0 Å². The molecule has 103 valence electrons. The Bertz CT molecular complexity index is 128. The van der Waals surface area contributed by atoms with Crippen molar-refractivity contribution in [2.45, 2.75) is 79.1 Å². The van der Waals surface area contributed by atoms with Crippen molar-refractivity contribution in [3.63, 3.8) is 0 Å². The molecule has 0 heterocycles. The van der Waals surface area contributed by atoms with Gasteiger partial charge in [0.25, 0.3) is 0 Å². The van der Waals surface area contributed by atoms with E-state index in [4.69, 9.17) is 5.32 Å². The molecule has 0 bridgehead atoms. The zero-order valence-corrected chi connectivity index (χ0v) is 12.7. The summed E-state index contributed by atoms with van der Waals surface area (Å²) >= 11 is 0. The van der Waals surface area contributed by atoms with Crippen molar-refractivity contribution in [3.8, 4) is 0 Å². The predicted molar refractivity (Wildman–Crippen MR) is 78.5 cm³/mol. The fraction of sp³-hybridized carbons (Fsp3) is 1.00. The third kappa shape index (κ3) is 9.64. The van der Waals surface area contributed by atoms with Gasteiger partial charge in [-0.3, -0.25) is 0 Å². The van der Waals surface area contributed by atoms with Crippen LogP contribution in [0.5, 0.6) is 0 Å². The molecule has 1 heteroatoms. The van der Waals surface area contributed by atoms with Gasteiger partial charge in [-0.25, -0.2) is 5.32 Å². The molecule has 1 nitrogen and oxygen atoms in total. The van der Waals surface area contributed by atoms with E-state index in [1.807, 2.05) is 0 Å². The normalized spacial score (nSPS) is 14.8. The van der Waals surface area contributed by atoms with Crippen LogP contribution in [-0.4, -0.2) is 13.1 Å². The summed E-state index contributed by atoms with van der Waals surface area (Å²) in [6.07, 6.45) is 10.8. The third-order valence-electron chi connectivity index (χ3n) is 3.86. The first kappa shape index (κ1) is 17.0. The first-order valence-corrected chi connectivity index (χ1v) is 7.91. The van der Waals surface area contributed by atoms with Gasteiger partial charge in [0, 0.05) is 13.1 Å². The minimum atomic E-state index is 0.846. The van der Waals surface area contributed by atoms with Crippen molar-refractivity contribution in [3.05, 3.63) is 0 Å². The molecule has 1 radical (unpaired) electrons. The number of nitrogens with zero attached hydrogens (tertiary/aromatic N) is 1. The van der Waals surface area contributed by atoms with Crippen LogP contribution in [0, 0.1) is 11.8 Å². The van der Waals surface area contributed by atoms with Crippen LogP contribution in [0.15, 0.2) is 0 Å². The van der Waals surface area contributed by atoms with Crippen LogP contribution in [0.3, 0.4) is 0 Å². The Morgan fingerprint density at radius 1 is 0.706 bits per heavy atom. The fourth-order valence-electron chi connectivity index (χ4n) is 2.27. The van der Waals surface area contributed by atoms with Crippen LogP contribution in [-0.2, 0) is 0 Å². The second kappa shape index (κ2) is 12.4. The van der Waals surface area contributed by atoms with E-state index < -0.39 is 0 Å². The molecule has 0 spiro atoms. The van der Waals surface area contributed by atoms with Gasteiger partial charge in [0.1, 0.15) is 0 Å². The minimum absolute atomic E-state index is 0.846. The highest BCUT2D eigenvalue weighted by molar-refractivity contribution is 4.65. The van der Waals surface area contributed by atoms with Crippen LogP contribution >= 0.6 is 0 Å². The van der Waals surface area contributed by atoms with E-state index in [1.165, 1.54) is 51.4 Å². The molecular weight excluding hydrogens is 206 g/mol. The largest absolute Gasteiger partial charge is 0.241 e. The number of rotatable bonds is 12. The molecular formula is C16H34N. The average molecular weight is 240 g/mol. The van der Waals surface area contributed by atoms with E-state index in [0.29, 0.717) is 0 Å². The van der Waals surface area contributed by atoms with Crippen molar-refractivity contribution in [2.24, 2.45) is 11.8 Å². The van der Waals surface area contributed by atoms with Gasteiger partial charge in [-0.05, 0) is 24.7 Å².